The molecule has 0 fully saturated rings. The predicted molar refractivity (Wildman–Crippen MR) is 50.0 cm³/mol. The average Bonchev–Trinajstić information content (AvgIpc) is 2.75. The summed E-state index contributed by atoms with van der Waals surface area (Å²) in [6.07, 6.45) is 3.55. The highest BCUT2D eigenvalue weighted by atomic mass is 16.3. The minimum atomic E-state index is -0.0586. The van der Waals surface area contributed by atoms with Crippen molar-refractivity contribution in [2.75, 3.05) is 0 Å². The number of carbonyl (C=O) groups is 1. The van der Waals surface area contributed by atoms with E-state index in [0.717, 1.165) is 5.76 Å². The van der Waals surface area contributed by atoms with Gasteiger partial charge in [0.15, 0.2) is 11.5 Å². The van der Waals surface area contributed by atoms with Gasteiger partial charge in [-0.3, -0.25) is 9.48 Å². The topological polar surface area (TPSA) is 48.0 Å². The molecule has 72 valence electrons. The van der Waals surface area contributed by atoms with Crippen LogP contribution in [0.5, 0.6) is 0 Å². The van der Waals surface area contributed by atoms with E-state index in [9.17, 15) is 4.79 Å². The molecule has 4 heteroatoms. The minimum absolute atomic E-state index is 0.0586. The first kappa shape index (κ1) is 8.74. The molecule has 0 unspecified atom stereocenters. The van der Waals surface area contributed by atoms with Gasteiger partial charge in [0.05, 0.1) is 6.54 Å². The van der Waals surface area contributed by atoms with E-state index in [1.54, 1.807) is 23.0 Å². The Morgan fingerprint density at radius 1 is 1.57 bits per heavy atom. The van der Waals surface area contributed by atoms with Crippen LogP contribution in [0.15, 0.2) is 35.0 Å². The molecule has 0 N–H and O–H groups in total. The first-order chi connectivity index (χ1) is 6.75. The van der Waals surface area contributed by atoms with Crippen molar-refractivity contribution in [3.63, 3.8) is 0 Å². The summed E-state index contributed by atoms with van der Waals surface area (Å²) < 4.78 is 7.05. The molecule has 0 aromatic carbocycles. The molecule has 0 aliphatic carbocycles. The Hall–Kier alpha value is -1.84. The van der Waals surface area contributed by atoms with Gasteiger partial charge in [0.1, 0.15) is 5.76 Å². The molecular weight excluding hydrogens is 180 g/mol. The molecule has 0 saturated heterocycles. The summed E-state index contributed by atoms with van der Waals surface area (Å²) in [6.45, 7) is 2.04. The highest BCUT2D eigenvalue weighted by Gasteiger charge is 2.06. The lowest BCUT2D eigenvalue weighted by molar-refractivity contribution is 0.0985. The molecule has 0 atom stereocenters. The van der Waals surface area contributed by atoms with Crippen molar-refractivity contribution in [1.82, 2.24) is 9.78 Å². The van der Waals surface area contributed by atoms with Crippen molar-refractivity contribution in [3.8, 4) is 0 Å². The fraction of sp³-hybridized carbons (Fsp3) is 0.200. The van der Waals surface area contributed by atoms with Gasteiger partial charge >= 0.3 is 0 Å². The van der Waals surface area contributed by atoms with Gasteiger partial charge in [-0.15, -0.1) is 0 Å². The van der Waals surface area contributed by atoms with Crippen LogP contribution in [0.2, 0.25) is 0 Å². The number of carbonyl (C=O) groups excluding carboxylic acids is 1. The van der Waals surface area contributed by atoms with E-state index < -0.39 is 0 Å². The van der Waals surface area contributed by atoms with Crippen LogP contribution in [-0.2, 0) is 6.54 Å². The van der Waals surface area contributed by atoms with Gasteiger partial charge in [-0.1, -0.05) is 0 Å². The highest BCUT2D eigenvalue weighted by Crippen LogP contribution is 2.09. The van der Waals surface area contributed by atoms with Crippen LogP contribution in [0.3, 0.4) is 0 Å². The van der Waals surface area contributed by atoms with E-state index in [4.69, 9.17) is 4.42 Å². The molecule has 2 aromatic heterocycles. The summed E-state index contributed by atoms with van der Waals surface area (Å²) in [5.41, 5.74) is 0. The maximum atomic E-state index is 10.9. The zero-order chi connectivity index (χ0) is 9.97. The zero-order valence-corrected chi connectivity index (χ0v) is 7.80. The molecule has 0 aliphatic rings. The third-order valence-corrected chi connectivity index (χ3v) is 1.89. The second-order valence-electron chi connectivity index (χ2n) is 3.03. The number of ketones is 1. The summed E-state index contributed by atoms with van der Waals surface area (Å²) in [4.78, 5) is 10.9. The van der Waals surface area contributed by atoms with Crippen LogP contribution < -0.4 is 0 Å². The molecule has 0 amide bonds. The van der Waals surface area contributed by atoms with Crippen LogP contribution in [0.25, 0.3) is 0 Å². The quantitative estimate of drug-likeness (QED) is 0.692. The Morgan fingerprint density at radius 2 is 2.43 bits per heavy atom. The molecule has 0 aliphatic heterocycles. The van der Waals surface area contributed by atoms with E-state index in [1.165, 1.54) is 6.92 Å². The smallest absolute Gasteiger partial charge is 0.194 e. The average molecular weight is 190 g/mol. The minimum Gasteiger partial charge on any atom is -0.456 e. The van der Waals surface area contributed by atoms with Gasteiger partial charge in [-0.05, 0) is 18.2 Å². The molecule has 4 nitrogen and oxygen atoms in total. The zero-order valence-electron chi connectivity index (χ0n) is 7.80. The van der Waals surface area contributed by atoms with Crippen molar-refractivity contribution in [2.45, 2.75) is 13.5 Å². The Bertz CT molecular complexity index is 429. The maximum absolute atomic E-state index is 10.9. The molecule has 2 aromatic rings. The predicted octanol–water partition coefficient (Wildman–Crippen LogP) is 1.73. The summed E-state index contributed by atoms with van der Waals surface area (Å²) >= 11 is 0. The number of Topliss-reactive ketones (excluding diaryl/α,β-unsaturated/α-hetero) is 1. The van der Waals surface area contributed by atoms with Gasteiger partial charge in [-0.2, -0.15) is 5.10 Å². The monoisotopic (exact) mass is 190 g/mol. The second kappa shape index (κ2) is 3.49. The van der Waals surface area contributed by atoms with Gasteiger partial charge in [-0.25, -0.2) is 0 Å². The molecule has 0 radical (unpaired) electrons. The Balaban J connectivity index is 2.14. The van der Waals surface area contributed by atoms with Crippen molar-refractivity contribution in [2.24, 2.45) is 0 Å². The molecule has 2 heterocycles. The summed E-state index contributed by atoms with van der Waals surface area (Å²) in [5.74, 6) is 1.07. The number of aromatic nitrogens is 2. The van der Waals surface area contributed by atoms with E-state index in [2.05, 4.69) is 5.10 Å². The van der Waals surface area contributed by atoms with Gasteiger partial charge < -0.3 is 4.42 Å². The van der Waals surface area contributed by atoms with Gasteiger partial charge in [0.25, 0.3) is 0 Å². The Labute approximate surface area is 81.1 Å². The largest absolute Gasteiger partial charge is 0.456 e. The van der Waals surface area contributed by atoms with Gasteiger partial charge in [0.2, 0.25) is 0 Å². The van der Waals surface area contributed by atoms with E-state index in [0.29, 0.717) is 12.3 Å². The Morgan fingerprint density at radius 3 is 3.00 bits per heavy atom. The maximum Gasteiger partial charge on any atom is 0.194 e. The number of nitrogens with zero attached hydrogens (tertiary/aromatic N) is 2. The first-order valence-electron chi connectivity index (χ1n) is 4.33. The van der Waals surface area contributed by atoms with Crippen LogP contribution in [-0.4, -0.2) is 15.6 Å². The van der Waals surface area contributed by atoms with Gasteiger partial charge in [0, 0.05) is 19.3 Å². The van der Waals surface area contributed by atoms with Crippen molar-refractivity contribution >= 4 is 5.78 Å². The molecule has 0 spiro atoms. The van der Waals surface area contributed by atoms with Crippen molar-refractivity contribution < 1.29 is 9.21 Å². The lowest BCUT2D eigenvalue weighted by Gasteiger charge is -1.96. The van der Waals surface area contributed by atoms with E-state index in [1.807, 2.05) is 12.3 Å². The van der Waals surface area contributed by atoms with Crippen molar-refractivity contribution in [1.29, 1.82) is 0 Å². The molecule has 0 saturated carbocycles. The highest BCUT2D eigenvalue weighted by molar-refractivity contribution is 5.91. The lowest BCUT2D eigenvalue weighted by atomic mass is 10.3. The van der Waals surface area contributed by atoms with Crippen LogP contribution in [0.4, 0.5) is 0 Å². The fourth-order valence-corrected chi connectivity index (χ4v) is 1.21. The molecule has 14 heavy (non-hydrogen) atoms. The molecule has 2 rings (SSSR count). The Kier molecular flexibility index (Phi) is 2.18. The summed E-state index contributed by atoms with van der Waals surface area (Å²) in [5, 5.41) is 4.04. The van der Waals surface area contributed by atoms with Crippen LogP contribution in [0, 0.1) is 0 Å². The molecular formula is C10H10N2O2. The third-order valence-electron chi connectivity index (χ3n) is 1.89. The second-order valence-corrected chi connectivity index (χ2v) is 3.03. The fourth-order valence-electron chi connectivity index (χ4n) is 1.21. The number of furan rings is 1. The standard InChI is InChI=1S/C10H10N2O2/c1-8(13)10-4-3-9(14-10)7-12-6-2-5-11-12/h2-6H,7H2,1H3. The van der Waals surface area contributed by atoms with E-state index >= 15 is 0 Å². The van der Waals surface area contributed by atoms with E-state index in [-0.39, 0.29) is 5.78 Å². The summed E-state index contributed by atoms with van der Waals surface area (Å²) in [7, 11) is 0. The number of rotatable bonds is 3. The van der Waals surface area contributed by atoms with Crippen LogP contribution in [0.1, 0.15) is 23.2 Å². The third kappa shape index (κ3) is 1.74. The lowest BCUT2D eigenvalue weighted by Crippen LogP contribution is -1.98. The van der Waals surface area contributed by atoms with Crippen molar-refractivity contribution in [3.05, 3.63) is 42.1 Å². The normalized spacial score (nSPS) is 10.4. The van der Waals surface area contributed by atoms with Crippen LogP contribution >= 0.6 is 0 Å². The first-order valence-corrected chi connectivity index (χ1v) is 4.33. The number of hydrogen-bond acceptors (Lipinski definition) is 3. The summed E-state index contributed by atoms with van der Waals surface area (Å²) in [6, 6.07) is 5.31. The molecule has 0 bridgehead atoms. The SMILES string of the molecule is CC(=O)c1ccc(Cn2cccn2)o1. The number of hydrogen-bond donors (Lipinski definition) is 0.